The maximum Gasteiger partial charge on any atom is 0.220 e. The highest BCUT2D eigenvalue weighted by atomic mass is 32.2. The number of hydrogen-bond acceptors (Lipinski definition) is 6. The van der Waals surface area contributed by atoms with Crippen molar-refractivity contribution in [2.75, 3.05) is 51.3 Å². The first kappa shape index (κ1) is 20.1. The first-order valence-corrected chi connectivity index (χ1v) is 11.5. The third kappa shape index (κ3) is 6.19. The van der Waals surface area contributed by atoms with Crippen molar-refractivity contribution in [3.05, 3.63) is 18.0 Å². The van der Waals surface area contributed by atoms with Gasteiger partial charge in [0.15, 0.2) is 5.96 Å². The number of aromatic nitrogens is 1. The van der Waals surface area contributed by atoms with Crippen LogP contribution in [0, 0.1) is 0 Å². The summed E-state index contributed by atoms with van der Waals surface area (Å²) >= 11 is 1.82. The Morgan fingerprint density at radius 2 is 2.16 bits per heavy atom. The molecule has 10 heteroatoms. The van der Waals surface area contributed by atoms with Crippen LogP contribution in [0.15, 0.2) is 21.8 Å². The van der Waals surface area contributed by atoms with Crippen molar-refractivity contribution in [1.82, 2.24) is 19.7 Å². The predicted octanol–water partition coefficient (Wildman–Crippen LogP) is 0.841. The molecule has 8 nitrogen and oxygen atoms in total. The molecule has 25 heavy (non-hydrogen) atoms. The lowest BCUT2D eigenvalue weighted by Crippen LogP contribution is -2.53. The summed E-state index contributed by atoms with van der Waals surface area (Å²) in [5, 5.41) is 6.99. The Bertz CT molecular complexity index is 626. The van der Waals surface area contributed by atoms with Crippen molar-refractivity contribution >= 4 is 27.7 Å². The quantitative estimate of drug-likeness (QED) is 0.400. The van der Waals surface area contributed by atoms with E-state index in [4.69, 9.17) is 4.52 Å². The Morgan fingerprint density at radius 1 is 1.40 bits per heavy atom. The number of guanidine groups is 1. The predicted molar refractivity (Wildman–Crippen MR) is 101 cm³/mol. The number of nitrogens with one attached hydrogen (secondary N) is 1. The van der Waals surface area contributed by atoms with E-state index in [-0.39, 0.29) is 5.75 Å². The molecule has 1 aliphatic rings. The third-order valence-electron chi connectivity index (χ3n) is 3.86. The van der Waals surface area contributed by atoms with Gasteiger partial charge >= 0.3 is 0 Å². The zero-order chi connectivity index (χ0) is 18.1. The minimum absolute atomic E-state index is 0.119. The van der Waals surface area contributed by atoms with Gasteiger partial charge < -0.3 is 14.7 Å². The molecule has 0 bridgehead atoms. The summed E-state index contributed by atoms with van der Waals surface area (Å²) < 4.78 is 31.2. The van der Waals surface area contributed by atoms with Crippen molar-refractivity contribution in [2.45, 2.75) is 19.1 Å². The SMILES string of the molecule is CCNC(=NCCCSC)N1CCN(S(=O)(=O)Cc2ccon2)CC1. The molecule has 1 aliphatic heterocycles. The second-order valence-corrected chi connectivity index (χ2v) is 8.67. The van der Waals surface area contributed by atoms with Gasteiger partial charge in [-0.05, 0) is 25.4 Å². The summed E-state index contributed by atoms with van der Waals surface area (Å²) in [6.45, 7) is 5.79. The lowest BCUT2D eigenvalue weighted by Gasteiger charge is -2.35. The van der Waals surface area contributed by atoms with E-state index in [2.05, 4.69) is 26.6 Å². The molecule has 1 aromatic heterocycles. The highest BCUT2D eigenvalue weighted by Crippen LogP contribution is 2.13. The highest BCUT2D eigenvalue weighted by Gasteiger charge is 2.28. The maximum atomic E-state index is 12.5. The molecule has 0 spiro atoms. The van der Waals surface area contributed by atoms with E-state index in [1.165, 1.54) is 10.6 Å². The van der Waals surface area contributed by atoms with Gasteiger partial charge in [0.2, 0.25) is 10.0 Å². The fourth-order valence-electron chi connectivity index (χ4n) is 2.59. The Balaban J connectivity index is 1.90. The average Bonchev–Trinajstić information content (AvgIpc) is 3.10. The molecule has 1 aromatic rings. The van der Waals surface area contributed by atoms with Crippen LogP contribution in [0.5, 0.6) is 0 Å². The average molecular weight is 390 g/mol. The standard InChI is InChI=1S/C15H27N5O3S2/c1-3-16-15(17-6-4-12-24-2)19-7-9-20(10-8-19)25(21,22)13-14-5-11-23-18-14/h5,11H,3-4,6-10,12-13H2,1-2H3,(H,16,17). The number of sulfonamides is 1. The Kier molecular flexibility index (Phi) is 8.04. The van der Waals surface area contributed by atoms with E-state index in [0.29, 0.717) is 31.9 Å². The van der Waals surface area contributed by atoms with Crippen LogP contribution >= 0.6 is 11.8 Å². The molecule has 1 N–H and O–H groups in total. The molecule has 0 amide bonds. The monoisotopic (exact) mass is 389 g/mol. The molecule has 0 radical (unpaired) electrons. The molecule has 0 aliphatic carbocycles. The second kappa shape index (κ2) is 10.0. The number of thioether (sulfide) groups is 1. The van der Waals surface area contributed by atoms with Crippen LogP contribution < -0.4 is 5.32 Å². The van der Waals surface area contributed by atoms with Gasteiger partial charge in [-0.2, -0.15) is 16.1 Å². The maximum absolute atomic E-state index is 12.5. The Hall–Kier alpha value is -1.26. The fourth-order valence-corrected chi connectivity index (χ4v) is 4.43. The van der Waals surface area contributed by atoms with Gasteiger partial charge in [0.05, 0.1) is 5.69 Å². The van der Waals surface area contributed by atoms with Crippen molar-refractivity contribution < 1.29 is 12.9 Å². The Labute approximate surface area is 154 Å². The van der Waals surface area contributed by atoms with Crippen molar-refractivity contribution in [2.24, 2.45) is 4.99 Å². The first-order valence-electron chi connectivity index (χ1n) is 8.46. The van der Waals surface area contributed by atoms with E-state index in [9.17, 15) is 8.42 Å². The van der Waals surface area contributed by atoms with Crippen LogP contribution in [0.4, 0.5) is 0 Å². The van der Waals surface area contributed by atoms with Crippen LogP contribution in [-0.2, 0) is 15.8 Å². The molecular weight excluding hydrogens is 362 g/mol. The molecule has 142 valence electrons. The number of piperazine rings is 1. The molecule has 0 atom stereocenters. The van der Waals surface area contributed by atoms with E-state index >= 15 is 0 Å². The van der Waals surface area contributed by atoms with E-state index in [1.807, 2.05) is 18.7 Å². The van der Waals surface area contributed by atoms with Gasteiger partial charge in [-0.25, -0.2) is 8.42 Å². The van der Waals surface area contributed by atoms with Crippen LogP contribution in [0.3, 0.4) is 0 Å². The summed E-state index contributed by atoms with van der Waals surface area (Å²) in [5.74, 6) is 1.85. The Morgan fingerprint density at radius 3 is 2.76 bits per heavy atom. The zero-order valence-corrected chi connectivity index (χ0v) is 16.5. The lowest BCUT2D eigenvalue weighted by atomic mass is 10.4. The summed E-state index contributed by atoms with van der Waals surface area (Å²) in [6, 6.07) is 1.58. The second-order valence-electron chi connectivity index (χ2n) is 5.72. The molecule has 1 saturated heterocycles. The van der Waals surface area contributed by atoms with Crippen LogP contribution in [0.2, 0.25) is 0 Å². The summed E-state index contributed by atoms with van der Waals surface area (Å²) in [6.07, 6.45) is 4.52. The first-order chi connectivity index (χ1) is 12.1. The molecule has 2 rings (SSSR count). The molecule has 1 fully saturated rings. The van der Waals surface area contributed by atoms with E-state index in [0.717, 1.165) is 31.2 Å². The van der Waals surface area contributed by atoms with Crippen molar-refractivity contribution in [1.29, 1.82) is 0 Å². The molecule has 0 saturated carbocycles. The lowest BCUT2D eigenvalue weighted by molar-refractivity contribution is 0.260. The van der Waals surface area contributed by atoms with Gasteiger partial charge in [-0.3, -0.25) is 4.99 Å². The molecule has 0 aromatic carbocycles. The van der Waals surface area contributed by atoms with Crippen LogP contribution in [-0.4, -0.2) is 80.0 Å². The summed E-state index contributed by atoms with van der Waals surface area (Å²) in [4.78, 5) is 6.78. The van der Waals surface area contributed by atoms with Crippen LogP contribution in [0.25, 0.3) is 0 Å². The fraction of sp³-hybridized carbons (Fsp3) is 0.733. The van der Waals surface area contributed by atoms with Gasteiger partial charge in [0.1, 0.15) is 12.0 Å². The normalized spacial score (nSPS) is 17.0. The number of hydrogen-bond donors (Lipinski definition) is 1. The minimum atomic E-state index is -3.37. The minimum Gasteiger partial charge on any atom is -0.364 e. The molecular formula is C15H27N5O3S2. The number of aliphatic imine (C=N–C) groups is 1. The number of nitrogens with zero attached hydrogens (tertiary/aromatic N) is 4. The number of rotatable bonds is 8. The van der Waals surface area contributed by atoms with Gasteiger partial charge in [-0.1, -0.05) is 5.16 Å². The third-order valence-corrected chi connectivity index (χ3v) is 6.37. The largest absolute Gasteiger partial charge is 0.364 e. The van der Waals surface area contributed by atoms with E-state index < -0.39 is 10.0 Å². The molecule has 2 heterocycles. The smallest absolute Gasteiger partial charge is 0.220 e. The highest BCUT2D eigenvalue weighted by molar-refractivity contribution is 7.98. The molecule has 0 unspecified atom stereocenters. The van der Waals surface area contributed by atoms with Crippen LogP contribution in [0.1, 0.15) is 19.0 Å². The zero-order valence-electron chi connectivity index (χ0n) is 14.8. The van der Waals surface area contributed by atoms with E-state index in [1.54, 1.807) is 6.07 Å². The van der Waals surface area contributed by atoms with Gasteiger partial charge in [0, 0.05) is 45.3 Å². The van der Waals surface area contributed by atoms with Gasteiger partial charge in [-0.15, -0.1) is 0 Å². The van der Waals surface area contributed by atoms with Crippen molar-refractivity contribution in [3.8, 4) is 0 Å². The summed E-state index contributed by atoms with van der Waals surface area (Å²) in [5.41, 5.74) is 0.436. The van der Waals surface area contributed by atoms with Crippen molar-refractivity contribution in [3.63, 3.8) is 0 Å². The van der Waals surface area contributed by atoms with Gasteiger partial charge in [0.25, 0.3) is 0 Å². The topological polar surface area (TPSA) is 91.0 Å². The summed E-state index contributed by atoms with van der Waals surface area (Å²) in [7, 11) is -3.37.